The Labute approximate surface area is 171 Å². The number of benzene rings is 4. The molecule has 0 unspecified atom stereocenters. The van der Waals surface area contributed by atoms with Crippen molar-refractivity contribution in [2.24, 2.45) is 4.99 Å². The van der Waals surface area contributed by atoms with E-state index in [1.54, 1.807) is 0 Å². The van der Waals surface area contributed by atoms with E-state index in [1.165, 1.54) is 33.0 Å². The molecule has 4 aromatic carbocycles. The smallest absolute Gasteiger partial charge is 0.0678 e. The molecule has 0 fully saturated rings. The zero-order valence-electron chi connectivity index (χ0n) is 16.2. The fourth-order valence-corrected chi connectivity index (χ4v) is 3.90. The molecule has 0 radical (unpaired) electrons. The summed E-state index contributed by atoms with van der Waals surface area (Å²) in [6, 6.07) is 31.8. The molecular formula is C27H22N2. The molecule has 2 heteroatoms. The minimum absolute atomic E-state index is 0.678. The minimum Gasteiger partial charge on any atom is -0.380 e. The second kappa shape index (κ2) is 7.76. The lowest BCUT2D eigenvalue weighted by Crippen LogP contribution is -2.10. The summed E-state index contributed by atoms with van der Waals surface area (Å²) in [6.45, 7) is 1.47. The summed E-state index contributed by atoms with van der Waals surface area (Å²) in [6.07, 6.45) is 4.33. The van der Waals surface area contributed by atoms with Crippen LogP contribution in [0.2, 0.25) is 0 Å². The van der Waals surface area contributed by atoms with Gasteiger partial charge < -0.3 is 5.32 Å². The van der Waals surface area contributed by atoms with Crippen molar-refractivity contribution in [2.75, 3.05) is 5.32 Å². The van der Waals surface area contributed by atoms with Crippen LogP contribution in [0.15, 0.2) is 102 Å². The molecule has 0 heterocycles. The van der Waals surface area contributed by atoms with E-state index >= 15 is 0 Å². The van der Waals surface area contributed by atoms with E-state index in [2.05, 4.69) is 102 Å². The average Bonchev–Trinajstić information content (AvgIpc) is 2.79. The van der Waals surface area contributed by atoms with E-state index in [1.807, 2.05) is 6.07 Å². The molecule has 5 rings (SSSR count). The van der Waals surface area contributed by atoms with Gasteiger partial charge in [-0.3, -0.25) is 4.99 Å². The molecule has 1 aliphatic carbocycles. The molecule has 0 aliphatic heterocycles. The lowest BCUT2D eigenvalue weighted by molar-refractivity contribution is 1.07. The normalized spacial score (nSPS) is 13.7. The Hall–Kier alpha value is -3.65. The van der Waals surface area contributed by atoms with E-state index in [-0.39, 0.29) is 0 Å². The number of rotatable bonds is 5. The van der Waals surface area contributed by atoms with Gasteiger partial charge in [0.05, 0.1) is 12.3 Å². The average molecular weight is 374 g/mol. The number of allylic oxidation sites excluding steroid dienone is 1. The van der Waals surface area contributed by atoms with Crippen LogP contribution in [0.5, 0.6) is 0 Å². The van der Waals surface area contributed by atoms with Crippen molar-refractivity contribution in [3.8, 4) is 0 Å². The molecule has 2 nitrogen and oxygen atoms in total. The predicted molar refractivity (Wildman–Crippen MR) is 123 cm³/mol. The quantitative estimate of drug-likeness (QED) is 0.425. The fourth-order valence-electron chi connectivity index (χ4n) is 3.90. The molecule has 0 spiro atoms. The van der Waals surface area contributed by atoms with Gasteiger partial charge in [0, 0.05) is 23.2 Å². The first-order chi connectivity index (χ1) is 14.4. The molecule has 4 aromatic rings. The number of hydrogen-bond donors (Lipinski definition) is 1. The number of anilines is 1. The van der Waals surface area contributed by atoms with Crippen molar-refractivity contribution in [1.29, 1.82) is 0 Å². The Morgan fingerprint density at radius 3 is 2.21 bits per heavy atom. The minimum atomic E-state index is 0.678. The summed E-state index contributed by atoms with van der Waals surface area (Å²) >= 11 is 0. The molecule has 29 heavy (non-hydrogen) atoms. The molecule has 1 N–H and O–H groups in total. The van der Waals surface area contributed by atoms with Crippen LogP contribution in [0, 0.1) is 0 Å². The number of nitrogens with one attached hydrogen (secondary N) is 1. The maximum absolute atomic E-state index is 4.98. The molecular weight excluding hydrogens is 352 g/mol. The maximum Gasteiger partial charge on any atom is 0.0678 e. The van der Waals surface area contributed by atoms with Crippen LogP contribution in [0.25, 0.3) is 16.8 Å². The van der Waals surface area contributed by atoms with Gasteiger partial charge in [-0.25, -0.2) is 0 Å². The predicted octanol–water partition coefficient (Wildman–Crippen LogP) is 6.47. The third-order valence-electron chi connectivity index (χ3n) is 5.36. The van der Waals surface area contributed by atoms with Crippen molar-refractivity contribution in [3.63, 3.8) is 0 Å². The van der Waals surface area contributed by atoms with Crippen LogP contribution in [0.3, 0.4) is 0 Å². The van der Waals surface area contributed by atoms with Gasteiger partial charge >= 0.3 is 0 Å². The highest BCUT2D eigenvalue weighted by molar-refractivity contribution is 6.25. The van der Waals surface area contributed by atoms with Gasteiger partial charge in [0.2, 0.25) is 0 Å². The molecule has 1 aliphatic rings. The van der Waals surface area contributed by atoms with E-state index in [0.29, 0.717) is 6.54 Å². The summed E-state index contributed by atoms with van der Waals surface area (Å²) < 4.78 is 0. The van der Waals surface area contributed by atoms with E-state index in [9.17, 15) is 0 Å². The van der Waals surface area contributed by atoms with E-state index < -0.39 is 0 Å². The second-order valence-electron chi connectivity index (χ2n) is 7.29. The summed E-state index contributed by atoms with van der Waals surface area (Å²) in [7, 11) is 0. The second-order valence-corrected chi connectivity index (χ2v) is 7.29. The Kier molecular flexibility index (Phi) is 4.67. The van der Waals surface area contributed by atoms with E-state index in [4.69, 9.17) is 4.99 Å². The van der Waals surface area contributed by atoms with Gasteiger partial charge in [-0.2, -0.15) is 0 Å². The third-order valence-corrected chi connectivity index (χ3v) is 5.36. The number of nitrogens with zero attached hydrogens (tertiary/aromatic N) is 1. The maximum atomic E-state index is 4.98. The largest absolute Gasteiger partial charge is 0.380 e. The monoisotopic (exact) mass is 374 g/mol. The third kappa shape index (κ3) is 3.57. The van der Waals surface area contributed by atoms with Crippen molar-refractivity contribution in [1.82, 2.24) is 0 Å². The summed E-state index contributed by atoms with van der Waals surface area (Å²) in [4.78, 5) is 4.98. The first-order valence-electron chi connectivity index (χ1n) is 9.99. The molecule has 140 valence electrons. The lowest BCUT2D eigenvalue weighted by atomic mass is 9.90. The Balaban J connectivity index is 1.56. The molecule has 0 aromatic heterocycles. The van der Waals surface area contributed by atoms with Gasteiger partial charge in [-0.15, -0.1) is 0 Å². The zero-order valence-corrected chi connectivity index (χ0v) is 16.2. The summed E-state index contributed by atoms with van der Waals surface area (Å²) in [5.41, 5.74) is 7.10. The van der Waals surface area contributed by atoms with Gasteiger partial charge in [0.1, 0.15) is 0 Å². The highest BCUT2D eigenvalue weighted by atomic mass is 14.9. The van der Waals surface area contributed by atoms with Crippen molar-refractivity contribution < 1.29 is 0 Å². The fraction of sp³-hybridized carbons (Fsp3) is 0.0741. The molecule has 0 saturated heterocycles. The van der Waals surface area contributed by atoms with Crippen molar-refractivity contribution in [2.45, 2.75) is 13.1 Å². The zero-order chi connectivity index (χ0) is 19.5. The molecule has 0 amide bonds. The van der Waals surface area contributed by atoms with E-state index in [0.717, 1.165) is 17.9 Å². The molecule has 0 atom stereocenters. The van der Waals surface area contributed by atoms with Gasteiger partial charge in [0.15, 0.2) is 0 Å². The lowest BCUT2D eigenvalue weighted by Gasteiger charge is -2.20. The number of hydrogen-bond acceptors (Lipinski definition) is 2. The summed E-state index contributed by atoms with van der Waals surface area (Å²) in [5, 5.41) is 6.17. The molecule has 0 saturated carbocycles. The van der Waals surface area contributed by atoms with Crippen LogP contribution in [-0.2, 0) is 13.1 Å². The van der Waals surface area contributed by atoms with Crippen LogP contribution in [-0.4, -0.2) is 5.71 Å². The number of aliphatic imine (C=N–C) groups is 1. The van der Waals surface area contributed by atoms with Crippen LogP contribution >= 0.6 is 0 Å². The highest BCUT2D eigenvalue weighted by Crippen LogP contribution is 2.34. The highest BCUT2D eigenvalue weighted by Gasteiger charge is 2.17. The summed E-state index contributed by atoms with van der Waals surface area (Å²) in [5.74, 6) is 0. The van der Waals surface area contributed by atoms with Gasteiger partial charge in [-0.1, -0.05) is 91.0 Å². The van der Waals surface area contributed by atoms with Crippen molar-refractivity contribution in [3.05, 3.63) is 119 Å². The van der Waals surface area contributed by atoms with Crippen LogP contribution in [0.4, 0.5) is 5.69 Å². The first kappa shape index (κ1) is 17.4. The Morgan fingerprint density at radius 1 is 0.655 bits per heavy atom. The first-order valence-corrected chi connectivity index (χ1v) is 9.99. The SMILES string of the molecule is C1=Cc2cccc3ccc(NCc4ccccc4)c(c23)C1=NCc1ccccc1. The topological polar surface area (TPSA) is 24.4 Å². The van der Waals surface area contributed by atoms with Crippen LogP contribution in [0.1, 0.15) is 22.3 Å². The van der Waals surface area contributed by atoms with Gasteiger partial charge in [0.25, 0.3) is 0 Å². The van der Waals surface area contributed by atoms with Gasteiger partial charge in [-0.05, 0) is 34.2 Å². The van der Waals surface area contributed by atoms with Crippen LogP contribution < -0.4 is 5.32 Å². The Bertz CT molecular complexity index is 1210. The van der Waals surface area contributed by atoms with Crippen molar-refractivity contribution >= 4 is 28.2 Å². The molecule has 0 bridgehead atoms. The standard InChI is InChI=1S/C27H22N2/c1-3-8-20(9-4-1)18-28-24-16-14-22-12-7-13-23-15-17-25(27(24)26(22)23)29-19-21-10-5-2-6-11-21/h1-17,28H,18-19H2. The Morgan fingerprint density at radius 2 is 1.41 bits per heavy atom.